The Bertz CT molecular complexity index is 774. The Morgan fingerprint density at radius 3 is 2.78 bits per heavy atom. The molecule has 0 bridgehead atoms. The van der Waals surface area contributed by atoms with E-state index in [9.17, 15) is 14.7 Å². The van der Waals surface area contributed by atoms with E-state index in [1.165, 1.54) is 4.90 Å². The Hall–Kier alpha value is -2.41. The Morgan fingerprint density at radius 2 is 2.09 bits per heavy atom. The number of aromatic nitrogens is 3. The van der Waals surface area contributed by atoms with Crippen molar-refractivity contribution in [3.8, 4) is 0 Å². The number of amides is 1. The molecule has 120 valence electrons. The molecule has 0 radical (unpaired) electrons. The molecule has 8 heteroatoms. The van der Waals surface area contributed by atoms with E-state index >= 15 is 0 Å². The minimum atomic E-state index is -1.05. The highest BCUT2D eigenvalue weighted by molar-refractivity contribution is 6.31. The van der Waals surface area contributed by atoms with Gasteiger partial charge in [0.1, 0.15) is 11.9 Å². The molecule has 3 rings (SSSR count). The number of carbonyl (C=O) groups excluding carboxylic acids is 1. The molecule has 1 aromatic carbocycles. The van der Waals surface area contributed by atoms with Gasteiger partial charge >= 0.3 is 5.97 Å². The van der Waals surface area contributed by atoms with Crippen LogP contribution in [0, 0.1) is 6.92 Å². The van der Waals surface area contributed by atoms with Gasteiger partial charge in [-0.1, -0.05) is 29.8 Å². The number of hydrogen-bond donors (Lipinski definition) is 1. The van der Waals surface area contributed by atoms with Crippen molar-refractivity contribution >= 4 is 23.5 Å². The van der Waals surface area contributed by atoms with E-state index in [0.29, 0.717) is 22.2 Å². The second-order valence-electron chi connectivity index (χ2n) is 5.42. The topological polar surface area (TPSA) is 88.3 Å². The molecule has 1 aliphatic rings. The first-order valence-electron chi connectivity index (χ1n) is 7.11. The number of aryl methyl sites for hydroxylation is 1. The van der Waals surface area contributed by atoms with Crippen LogP contribution in [0.1, 0.15) is 17.2 Å². The molecule has 0 fully saturated rings. The fraction of sp³-hybridized carbons (Fsp3) is 0.333. The molecular formula is C15H15ClN4O3. The zero-order chi connectivity index (χ0) is 16.6. The van der Waals surface area contributed by atoms with Crippen LogP contribution in [-0.2, 0) is 29.1 Å². The van der Waals surface area contributed by atoms with E-state index < -0.39 is 12.0 Å². The van der Waals surface area contributed by atoms with Crippen LogP contribution >= 0.6 is 11.6 Å². The van der Waals surface area contributed by atoms with Crippen LogP contribution in [0.3, 0.4) is 0 Å². The SMILES string of the molecule is Cc1nnc2n1CC(C(=O)O)N(C(=O)Cc1ccccc1Cl)C2. The van der Waals surface area contributed by atoms with Crippen LogP contribution in [0.2, 0.25) is 5.02 Å². The van der Waals surface area contributed by atoms with E-state index in [2.05, 4.69) is 10.2 Å². The molecule has 1 aliphatic heterocycles. The summed E-state index contributed by atoms with van der Waals surface area (Å²) in [6, 6.07) is 6.09. The first-order chi connectivity index (χ1) is 11.0. The van der Waals surface area contributed by atoms with Crippen molar-refractivity contribution in [2.24, 2.45) is 0 Å². The van der Waals surface area contributed by atoms with E-state index in [1.807, 2.05) is 0 Å². The van der Waals surface area contributed by atoms with Gasteiger partial charge in [-0.3, -0.25) is 4.79 Å². The molecule has 1 unspecified atom stereocenters. The molecule has 7 nitrogen and oxygen atoms in total. The number of hydrogen-bond acceptors (Lipinski definition) is 4. The van der Waals surface area contributed by atoms with Crippen molar-refractivity contribution < 1.29 is 14.7 Å². The molecule has 0 spiro atoms. The quantitative estimate of drug-likeness (QED) is 0.913. The second-order valence-corrected chi connectivity index (χ2v) is 5.83. The van der Waals surface area contributed by atoms with Crippen LogP contribution in [0.15, 0.2) is 24.3 Å². The van der Waals surface area contributed by atoms with Crippen molar-refractivity contribution in [2.45, 2.75) is 32.5 Å². The third-order valence-electron chi connectivity index (χ3n) is 3.96. The molecule has 23 heavy (non-hydrogen) atoms. The summed E-state index contributed by atoms with van der Waals surface area (Å²) in [5.41, 5.74) is 0.673. The third-order valence-corrected chi connectivity index (χ3v) is 4.33. The van der Waals surface area contributed by atoms with Gasteiger partial charge in [-0.15, -0.1) is 10.2 Å². The molecule has 1 atom stereocenters. The molecule has 1 aromatic heterocycles. The normalized spacial score (nSPS) is 17.0. The summed E-state index contributed by atoms with van der Waals surface area (Å²) in [6.07, 6.45) is 0.0522. The lowest BCUT2D eigenvalue weighted by molar-refractivity contribution is -0.152. The number of benzene rings is 1. The standard InChI is InChI=1S/C15H15ClN4O3/c1-9-17-18-13-8-20(12(15(22)23)7-19(9)13)14(21)6-10-4-2-3-5-11(10)16/h2-5,12H,6-8H2,1H3,(H,22,23). The van der Waals surface area contributed by atoms with Gasteiger partial charge < -0.3 is 14.6 Å². The molecule has 2 aromatic rings. The average Bonchev–Trinajstić information content (AvgIpc) is 2.89. The van der Waals surface area contributed by atoms with E-state index in [0.717, 1.165) is 0 Å². The number of carboxylic acid groups (broad SMARTS) is 1. The van der Waals surface area contributed by atoms with Crippen molar-refractivity contribution in [3.63, 3.8) is 0 Å². The van der Waals surface area contributed by atoms with Gasteiger partial charge in [0.25, 0.3) is 0 Å². The lowest BCUT2D eigenvalue weighted by Crippen LogP contribution is -2.51. The molecule has 0 saturated heterocycles. The number of carboxylic acids is 1. The maximum atomic E-state index is 12.6. The molecular weight excluding hydrogens is 320 g/mol. The Labute approximate surface area is 137 Å². The number of fused-ring (bicyclic) bond motifs is 1. The fourth-order valence-corrected chi connectivity index (χ4v) is 2.90. The van der Waals surface area contributed by atoms with Crippen LogP contribution in [0.25, 0.3) is 0 Å². The summed E-state index contributed by atoms with van der Waals surface area (Å²) in [5, 5.41) is 17.9. The highest BCUT2D eigenvalue weighted by Crippen LogP contribution is 2.21. The van der Waals surface area contributed by atoms with Gasteiger partial charge in [0, 0.05) is 5.02 Å². The average molecular weight is 335 g/mol. The maximum Gasteiger partial charge on any atom is 0.328 e. The summed E-state index contributed by atoms with van der Waals surface area (Å²) in [5.74, 6) is -0.106. The second kappa shape index (κ2) is 6.00. The first kappa shape index (κ1) is 15.5. The van der Waals surface area contributed by atoms with Gasteiger partial charge in [0.15, 0.2) is 5.82 Å². The maximum absolute atomic E-state index is 12.6. The monoisotopic (exact) mass is 334 g/mol. The third kappa shape index (κ3) is 2.92. The van der Waals surface area contributed by atoms with Gasteiger partial charge in [-0.25, -0.2) is 4.79 Å². The van der Waals surface area contributed by atoms with Crippen molar-refractivity contribution in [2.75, 3.05) is 0 Å². The highest BCUT2D eigenvalue weighted by Gasteiger charge is 2.36. The lowest BCUT2D eigenvalue weighted by atomic mass is 10.1. The smallest absolute Gasteiger partial charge is 0.328 e. The summed E-state index contributed by atoms with van der Waals surface area (Å²) in [6.45, 7) is 2.04. The highest BCUT2D eigenvalue weighted by atomic mass is 35.5. The predicted octanol–water partition coefficient (Wildman–Crippen LogP) is 1.28. The van der Waals surface area contributed by atoms with Crippen molar-refractivity contribution in [1.82, 2.24) is 19.7 Å². The Morgan fingerprint density at radius 1 is 1.35 bits per heavy atom. The van der Waals surface area contributed by atoms with Crippen LogP contribution in [0.5, 0.6) is 0 Å². The summed E-state index contributed by atoms with van der Waals surface area (Å²) >= 11 is 6.08. The van der Waals surface area contributed by atoms with Crippen LogP contribution in [-0.4, -0.2) is 42.7 Å². The largest absolute Gasteiger partial charge is 0.480 e. The lowest BCUT2D eigenvalue weighted by Gasteiger charge is -2.33. The molecule has 1 amide bonds. The van der Waals surface area contributed by atoms with Crippen LogP contribution in [0.4, 0.5) is 0 Å². The first-order valence-corrected chi connectivity index (χ1v) is 7.49. The number of halogens is 1. The minimum absolute atomic E-state index is 0.0522. The zero-order valence-electron chi connectivity index (χ0n) is 12.4. The van der Waals surface area contributed by atoms with Crippen LogP contribution < -0.4 is 0 Å². The summed E-state index contributed by atoms with van der Waals surface area (Å²) in [7, 11) is 0. The molecule has 0 aliphatic carbocycles. The molecule has 2 heterocycles. The summed E-state index contributed by atoms with van der Waals surface area (Å²) < 4.78 is 1.73. The Kier molecular flexibility index (Phi) is 4.04. The molecule has 0 saturated carbocycles. The predicted molar refractivity (Wildman–Crippen MR) is 81.9 cm³/mol. The number of nitrogens with zero attached hydrogens (tertiary/aromatic N) is 4. The fourth-order valence-electron chi connectivity index (χ4n) is 2.69. The van der Waals surface area contributed by atoms with Gasteiger partial charge in [0.05, 0.1) is 19.5 Å². The summed E-state index contributed by atoms with van der Waals surface area (Å²) in [4.78, 5) is 25.5. The van der Waals surface area contributed by atoms with Gasteiger partial charge in [-0.05, 0) is 18.6 Å². The molecule has 1 N–H and O–H groups in total. The van der Waals surface area contributed by atoms with E-state index in [-0.39, 0.29) is 25.4 Å². The van der Waals surface area contributed by atoms with Gasteiger partial charge in [0.2, 0.25) is 5.91 Å². The van der Waals surface area contributed by atoms with E-state index in [4.69, 9.17) is 11.6 Å². The van der Waals surface area contributed by atoms with Gasteiger partial charge in [-0.2, -0.15) is 0 Å². The zero-order valence-corrected chi connectivity index (χ0v) is 13.2. The van der Waals surface area contributed by atoms with E-state index in [1.54, 1.807) is 35.8 Å². The number of rotatable bonds is 3. The number of aliphatic carboxylic acids is 1. The Balaban J connectivity index is 1.86. The number of carbonyl (C=O) groups is 2. The minimum Gasteiger partial charge on any atom is -0.480 e. The van der Waals surface area contributed by atoms with Crippen molar-refractivity contribution in [1.29, 1.82) is 0 Å². The van der Waals surface area contributed by atoms with Crippen molar-refractivity contribution in [3.05, 3.63) is 46.5 Å².